The summed E-state index contributed by atoms with van der Waals surface area (Å²) in [5.74, 6) is 0.715. The van der Waals surface area contributed by atoms with Crippen LogP contribution in [0, 0.1) is 0 Å². The minimum Gasteiger partial charge on any atom is -0.496 e. The molecule has 1 aliphatic rings. The van der Waals surface area contributed by atoms with Crippen LogP contribution in [0.1, 0.15) is 37.5 Å². The number of aromatic amines is 2. The van der Waals surface area contributed by atoms with Gasteiger partial charge in [0.2, 0.25) is 10.0 Å². The number of hydrogen-bond donors (Lipinski definition) is 3. The number of hydrogen-bond acceptors (Lipinski definition) is 5. The lowest BCUT2D eigenvalue weighted by Gasteiger charge is -2.25. The largest absolute Gasteiger partial charge is 0.496 e. The summed E-state index contributed by atoms with van der Waals surface area (Å²) in [7, 11) is -1.66. The highest BCUT2D eigenvalue weighted by molar-refractivity contribution is 7.88. The number of nitrogens with one attached hydrogen (secondary N) is 3. The zero-order chi connectivity index (χ0) is 25.5. The highest BCUT2D eigenvalue weighted by atomic mass is 32.2. The van der Waals surface area contributed by atoms with Crippen molar-refractivity contribution < 1.29 is 13.2 Å². The van der Waals surface area contributed by atoms with E-state index in [9.17, 15) is 18.0 Å². The fourth-order valence-electron chi connectivity index (χ4n) is 4.36. The predicted octanol–water partition coefficient (Wildman–Crippen LogP) is 3.19. The van der Waals surface area contributed by atoms with E-state index < -0.39 is 21.3 Å². The SMILES string of the molecule is COc1c(-c2ccc3c(c2)CC=C3CNS(C)(=O)=O)cc(-c2c[nH]c(=O)[nH]c2=O)cc1C(C)(C)C. The summed E-state index contributed by atoms with van der Waals surface area (Å²) in [5.41, 5.74) is 5.41. The molecule has 184 valence electrons. The maximum absolute atomic E-state index is 12.6. The summed E-state index contributed by atoms with van der Waals surface area (Å²) < 4.78 is 31.5. The van der Waals surface area contributed by atoms with E-state index in [1.807, 2.05) is 30.3 Å². The van der Waals surface area contributed by atoms with E-state index in [4.69, 9.17) is 4.74 Å². The molecule has 0 amide bonds. The number of rotatable bonds is 6. The van der Waals surface area contributed by atoms with Crippen LogP contribution in [0.2, 0.25) is 0 Å². The van der Waals surface area contributed by atoms with Crippen LogP contribution in [0.25, 0.3) is 27.8 Å². The first-order valence-corrected chi connectivity index (χ1v) is 13.1. The van der Waals surface area contributed by atoms with Gasteiger partial charge in [-0.1, -0.05) is 45.0 Å². The Morgan fingerprint density at radius 2 is 1.77 bits per heavy atom. The van der Waals surface area contributed by atoms with Gasteiger partial charge in [0.05, 0.1) is 18.9 Å². The molecule has 0 saturated carbocycles. The first-order chi connectivity index (χ1) is 16.4. The quantitative estimate of drug-likeness (QED) is 0.485. The van der Waals surface area contributed by atoms with Crippen LogP contribution in [0.15, 0.2) is 52.2 Å². The lowest BCUT2D eigenvalue weighted by Crippen LogP contribution is -2.23. The molecule has 8 nitrogen and oxygen atoms in total. The lowest BCUT2D eigenvalue weighted by atomic mass is 9.82. The summed E-state index contributed by atoms with van der Waals surface area (Å²) in [4.78, 5) is 29.0. The molecule has 2 aromatic carbocycles. The van der Waals surface area contributed by atoms with Crippen LogP contribution in [0.4, 0.5) is 0 Å². The van der Waals surface area contributed by atoms with Gasteiger partial charge in [0.25, 0.3) is 5.56 Å². The van der Waals surface area contributed by atoms with Crippen LogP contribution in [-0.2, 0) is 21.9 Å². The summed E-state index contributed by atoms with van der Waals surface area (Å²) >= 11 is 0. The number of benzene rings is 2. The first kappa shape index (κ1) is 24.7. The molecule has 4 rings (SSSR count). The maximum Gasteiger partial charge on any atom is 0.325 e. The van der Waals surface area contributed by atoms with Crippen molar-refractivity contribution >= 4 is 15.6 Å². The highest BCUT2D eigenvalue weighted by Crippen LogP contribution is 2.43. The second-order valence-electron chi connectivity index (χ2n) is 9.74. The Hall–Kier alpha value is -3.43. The van der Waals surface area contributed by atoms with Crippen LogP contribution >= 0.6 is 0 Å². The van der Waals surface area contributed by atoms with Gasteiger partial charge in [-0.3, -0.25) is 9.78 Å². The molecule has 35 heavy (non-hydrogen) atoms. The number of sulfonamides is 1. The average Bonchev–Trinajstić information content (AvgIpc) is 3.18. The number of fused-ring (bicyclic) bond motifs is 1. The third-order valence-corrected chi connectivity index (χ3v) is 6.76. The van der Waals surface area contributed by atoms with E-state index in [0.29, 0.717) is 23.3 Å². The topological polar surface area (TPSA) is 121 Å². The standard InChI is InChI=1S/C26H29N3O5S/c1-26(2,3)22-12-18(21-14-27-25(31)29-24(21)30)11-20(23(22)34-4)16-8-9-19-15(10-16)6-7-17(19)13-28-35(5,32)33/h7-12,14,28H,6,13H2,1-5H3,(H2,27,29,30,31). The molecule has 1 aromatic heterocycles. The number of allylic oxidation sites excluding steroid dienone is 1. The highest BCUT2D eigenvalue weighted by Gasteiger charge is 2.25. The molecule has 3 aromatic rings. The molecule has 1 aliphatic carbocycles. The molecule has 0 spiro atoms. The van der Waals surface area contributed by atoms with Crippen molar-refractivity contribution in [3.05, 3.63) is 80.1 Å². The zero-order valence-electron chi connectivity index (χ0n) is 20.4. The number of methoxy groups -OCH3 is 1. The van der Waals surface area contributed by atoms with E-state index in [1.165, 1.54) is 6.20 Å². The van der Waals surface area contributed by atoms with Crippen molar-refractivity contribution in [1.82, 2.24) is 14.7 Å². The molecule has 9 heteroatoms. The van der Waals surface area contributed by atoms with Crippen molar-refractivity contribution in [3.63, 3.8) is 0 Å². The van der Waals surface area contributed by atoms with Crippen molar-refractivity contribution in [3.8, 4) is 28.0 Å². The Morgan fingerprint density at radius 1 is 1.03 bits per heavy atom. The monoisotopic (exact) mass is 495 g/mol. The van der Waals surface area contributed by atoms with Gasteiger partial charge in [0, 0.05) is 23.9 Å². The number of aromatic nitrogens is 2. The molecule has 0 aliphatic heterocycles. The van der Waals surface area contributed by atoms with Crippen LogP contribution in [-0.4, -0.2) is 38.3 Å². The van der Waals surface area contributed by atoms with E-state index in [2.05, 4.69) is 41.5 Å². The van der Waals surface area contributed by atoms with Crippen LogP contribution in [0.3, 0.4) is 0 Å². The summed E-state index contributed by atoms with van der Waals surface area (Å²) in [6, 6.07) is 9.86. The smallest absolute Gasteiger partial charge is 0.325 e. The van der Waals surface area contributed by atoms with Gasteiger partial charge in [-0.2, -0.15) is 0 Å². The average molecular weight is 496 g/mol. The molecule has 0 fully saturated rings. The van der Waals surface area contributed by atoms with Crippen molar-refractivity contribution in [2.24, 2.45) is 0 Å². The molecular weight excluding hydrogens is 466 g/mol. The Labute approximate surface area is 204 Å². The molecule has 0 atom stereocenters. The zero-order valence-corrected chi connectivity index (χ0v) is 21.2. The minimum atomic E-state index is -3.29. The Balaban J connectivity index is 1.85. The van der Waals surface area contributed by atoms with Gasteiger partial charge in [-0.15, -0.1) is 0 Å². The third-order valence-electron chi connectivity index (χ3n) is 6.09. The van der Waals surface area contributed by atoms with Gasteiger partial charge in [-0.05, 0) is 51.8 Å². The van der Waals surface area contributed by atoms with Crippen LogP contribution in [0.5, 0.6) is 5.75 Å². The molecule has 0 saturated heterocycles. The minimum absolute atomic E-state index is 0.243. The number of ether oxygens (including phenoxy) is 1. The van der Waals surface area contributed by atoms with Gasteiger partial charge in [0.1, 0.15) is 5.75 Å². The summed E-state index contributed by atoms with van der Waals surface area (Å²) in [5, 5.41) is 0. The predicted molar refractivity (Wildman–Crippen MR) is 138 cm³/mol. The van der Waals surface area contributed by atoms with Gasteiger partial charge in [-0.25, -0.2) is 17.9 Å². The second kappa shape index (κ2) is 8.98. The molecule has 1 heterocycles. The summed E-state index contributed by atoms with van der Waals surface area (Å²) in [6.07, 6.45) is 5.29. The molecule has 3 N–H and O–H groups in total. The summed E-state index contributed by atoms with van der Waals surface area (Å²) in [6.45, 7) is 6.46. The van der Waals surface area contributed by atoms with Gasteiger partial charge < -0.3 is 9.72 Å². The first-order valence-electron chi connectivity index (χ1n) is 11.2. The molecule has 0 bridgehead atoms. The molecule has 0 unspecified atom stereocenters. The number of H-pyrrole nitrogens is 2. The van der Waals surface area contributed by atoms with Crippen molar-refractivity contribution in [1.29, 1.82) is 0 Å². The van der Waals surface area contributed by atoms with Crippen molar-refractivity contribution in [2.75, 3.05) is 19.9 Å². The van der Waals surface area contributed by atoms with E-state index in [1.54, 1.807) is 7.11 Å². The van der Waals surface area contributed by atoms with Crippen LogP contribution < -0.4 is 20.7 Å². The lowest BCUT2D eigenvalue weighted by molar-refractivity contribution is 0.399. The Kier molecular flexibility index (Phi) is 6.33. The third kappa shape index (κ3) is 5.16. The Morgan fingerprint density at radius 3 is 2.40 bits per heavy atom. The normalized spacial score (nSPS) is 13.5. The maximum atomic E-state index is 12.6. The fourth-order valence-corrected chi connectivity index (χ4v) is 4.78. The molecular formula is C26H29N3O5S. The molecule has 0 radical (unpaired) electrons. The fraction of sp³-hybridized carbons (Fsp3) is 0.308. The second-order valence-corrected chi connectivity index (χ2v) is 11.6. The van der Waals surface area contributed by atoms with Gasteiger partial charge in [0.15, 0.2) is 0 Å². The van der Waals surface area contributed by atoms with Gasteiger partial charge >= 0.3 is 5.69 Å². The van der Waals surface area contributed by atoms with Crippen molar-refractivity contribution in [2.45, 2.75) is 32.6 Å². The van der Waals surface area contributed by atoms with E-state index in [0.717, 1.165) is 39.6 Å². The van der Waals surface area contributed by atoms with E-state index >= 15 is 0 Å². The van der Waals surface area contributed by atoms with E-state index in [-0.39, 0.29) is 12.0 Å². The Bertz CT molecular complexity index is 1560.